The zero-order valence-corrected chi connectivity index (χ0v) is 11.1. The van der Waals surface area contributed by atoms with Gasteiger partial charge in [-0.15, -0.1) is 11.8 Å². The molecule has 0 N–H and O–H groups in total. The van der Waals surface area contributed by atoms with Crippen LogP contribution in [0.15, 0.2) is 29.2 Å². The molecule has 0 saturated carbocycles. The first kappa shape index (κ1) is 12.5. The van der Waals surface area contributed by atoms with Gasteiger partial charge in [-0.05, 0) is 37.8 Å². The van der Waals surface area contributed by atoms with Gasteiger partial charge in [-0.3, -0.25) is 4.79 Å². The molecule has 0 atom stereocenters. The fourth-order valence-corrected chi connectivity index (χ4v) is 3.02. The number of benzene rings is 1. The van der Waals surface area contributed by atoms with Crippen molar-refractivity contribution in [2.24, 2.45) is 0 Å². The lowest BCUT2D eigenvalue weighted by Gasteiger charge is -2.26. The Hall–Kier alpha value is -0.960. The SMILES string of the molecule is Cc1ccccc1SCC(=O)N1CCCCC1. The van der Waals surface area contributed by atoms with Crippen molar-refractivity contribution in [3.63, 3.8) is 0 Å². The van der Waals surface area contributed by atoms with Gasteiger partial charge in [-0.2, -0.15) is 0 Å². The maximum atomic E-state index is 12.0. The summed E-state index contributed by atoms with van der Waals surface area (Å²) in [5.41, 5.74) is 1.25. The zero-order chi connectivity index (χ0) is 12.1. The van der Waals surface area contributed by atoms with Gasteiger partial charge in [-0.1, -0.05) is 18.2 Å². The number of aryl methyl sites for hydroxylation is 1. The second kappa shape index (κ2) is 6.10. The lowest BCUT2D eigenvalue weighted by molar-refractivity contribution is -0.129. The predicted octanol–water partition coefficient (Wildman–Crippen LogP) is 3.10. The van der Waals surface area contributed by atoms with Crippen LogP contribution >= 0.6 is 11.8 Å². The molecule has 2 nitrogen and oxygen atoms in total. The van der Waals surface area contributed by atoms with Gasteiger partial charge in [0.05, 0.1) is 5.75 Å². The molecule has 1 aromatic rings. The van der Waals surface area contributed by atoms with Crippen LogP contribution in [0.5, 0.6) is 0 Å². The minimum atomic E-state index is 0.290. The van der Waals surface area contributed by atoms with Gasteiger partial charge in [0, 0.05) is 18.0 Å². The van der Waals surface area contributed by atoms with Gasteiger partial charge in [0.1, 0.15) is 0 Å². The van der Waals surface area contributed by atoms with E-state index in [0.29, 0.717) is 5.75 Å². The molecule has 92 valence electrons. The monoisotopic (exact) mass is 249 g/mol. The Morgan fingerprint density at radius 2 is 1.94 bits per heavy atom. The molecule has 0 bridgehead atoms. The molecule has 1 aromatic carbocycles. The molecule has 0 aliphatic carbocycles. The summed E-state index contributed by atoms with van der Waals surface area (Å²) in [5, 5.41) is 0. The Bertz CT molecular complexity index is 386. The van der Waals surface area contributed by atoms with Crippen LogP contribution in [0, 0.1) is 6.92 Å². The molecule has 1 saturated heterocycles. The molecule has 17 heavy (non-hydrogen) atoms. The van der Waals surface area contributed by atoms with Gasteiger partial charge in [0.2, 0.25) is 5.91 Å². The maximum absolute atomic E-state index is 12.0. The molecule has 1 aliphatic rings. The number of hydrogen-bond acceptors (Lipinski definition) is 2. The highest BCUT2D eigenvalue weighted by molar-refractivity contribution is 8.00. The van der Waals surface area contributed by atoms with Crippen LogP contribution < -0.4 is 0 Å². The highest BCUT2D eigenvalue weighted by Gasteiger charge is 2.16. The summed E-state index contributed by atoms with van der Waals surface area (Å²) in [6, 6.07) is 8.24. The average Bonchev–Trinajstić information content (AvgIpc) is 2.38. The van der Waals surface area contributed by atoms with Crippen LogP contribution in [-0.4, -0.2) is 29.6 Å². The van der Waals surface area contributed by atoms with Crippen LogP contribution in [-0.2, 0) is 4.79 Å². The van der Waals surface area contributed by atoms with E-state index in [1.807, 2.05) is 17.0 Å². The van der Waals surface area contributed by atoms with Crippen molar-refractivity contribution in [2.45, 2.75) is 31.1 Å². The number of carbonyl (C=O) groups is 1. The number of nitrogens with zero attached hydrogens (tertiary/aromatic N) is 1. The molecule has 1 fully saturated rings. The van der Waals surface area contributed by atoms with Crippen molar-refractivity contribution in [2.75, 3.05) is 18.8 Å². The smallest absolute Gasteiger partial charge is 0.232 e. The average molecular weight is 249 g/mol. The summed E-state index contributed by atoms with van der Waals surface area (Å²) >= 11 is 1.66. The first-order chi connectivity index (χ1) is 8.27. The van der Waals surface area contributed by atoms with Crippen molar-refractivity contribution < 1.29 is 4.79 Å². The summed E-state index contributed by atoms with van der Waals surface area (Å²) in [6.45, 7) is 3.99. The van der Waals surface area contributed by atoms with Gasteiger partial charge in [0.25, 0.3) is 0 Å². The highest BCUT2D eigenvalue weighted by atomic mass is 32.2. The molecule has 0 radical (unpaired) electrons. The van der Waals surface area contributed by atoms with Crippen LogP contribution in [0.1, 0.15) is 24.8 Å². The molecule has 1 heterocycles. The van der Waals surface area contributed by atoms with E-state index in [9.17, 15) is 4.79 Å². The zero-order valence-electron chi connectivity index (χ0n) is 10.3. The number of hydrogen-bond donors (Lipinski definition) is 0. The van der Waals surface area contributed by atoms with Gasteiger partial charge in [-0.25, -0.2) is 0 Å². The number of likely N-dealkylation sites (tertiary alicyclic amines) is 1. The van der Waals surface area contributed by atoms with E-state index in [1.165, 1.54) is 29.7 Å². The van der Waals surface area contributed by atoms with Crippen molar-refractivity contribution >= 4 is 17.7 Å². The minimum absolute atomic E-state index is 0.290. The van der Waals surface area contributed by atoms with Crippen molar-refractivity contribution in [3.05, 3.63) is 29.8 Å². The summed E-state index contributed by atoms with van der Waals surface area (Å²) in [6.07, 6.45) is 3.61. The first-order valence-corrected chi connectivity index (χ1v) is 7.22. The molecule has 3 heteroatoms. The normalized spacial score (nSPS) is 15.9. The number of rotatable bonds is 3. The summed E-state index contributed by atoms with van der Waals surface area (Å²) < 4.78 is 0. The quantitative estimate of drug-likeness (QED) is 0.767. The molecule has 0 unspecified atom stereocenters. The Morgan fingerprint density at radius 1 is 1.24 bits per heavy atom. The molecule has 0 spiro atoms. The van der Waals surface area contributed by atoms with Crippen molar-refractivity contribution in [1.29, 1.82) is 0 Å². The van der Waals surface area contributed by atoms with Gasteiger partial charge >= 0.3 is 0 Å². The second-order valence-corrected chi connectivity index (χ2v) is 5.51. The molecule has 1 amide bonds. The summed E-state index contributed by atoms with van der Waals surface area (Å²) in [4.78, 5) is 15.2. The van der Waals surface area contributed by atoms with Crippen molar-refractivity contribution in [3.8, 4) is 0 Å². The molecular formula is C14H19NOS. The van der Waals surface area contributed by atoms with Crippen LogP contribution in [0.25, 0.3) is 0 Å². The number of thioether (sulfide) groups is 1. The maximum Gasteiger partial charge on any atom is 0.232 e. The summed E-state index contributed by atoms with van der Waals surface area (Å²) in [7, 11) is 0. The lowest BCUT2D eigenvalue weighted by Crippen LogP contribution is -2.36. The van der Waals surface area contributed by atoms with E-state index < -0.39 is 0 Å². The van der Waals surface area contributed by atoms with Crippen molar-refractivity contribution in [1.82, 2.24) is 4.90 Å². The van der Waals surface area contributed by atoms with Crippen LogP contribution in [0.4, 0.5) is 0 Å². The number of piperidine rings is 1. The molecule has 2 rings (SSSR count). The van der Waals surface area contributed by atoms with E-state index in [4.69, 9.17) is 0 Å². The van der Waals surface area contributed by atoms with E-state index in [1.54, 1.807) is 11.8 Å². The molecular weight excluding hydrogens is 230 g/mol. The van der Waals surface area contributed by atoms with Gasteiger partial charge < -0.3 is 4.90 Å². The summed E-state index contributed by atoms with van der Waals surface area (Å²) in [5.74, 6) is 0.864. The fourth-order valence-electron chi connectivity index (χ4n) is 2.09. The minimum Gasteiger partial charge on any atom is -0.342 e. The predicted molar refractivity (Wildman–Crippen MR) is 72.3 cm³/mol. The first-order valence-electron chi connectivity index (χ1n) is 6.23. The Kier molecular flexibility index (Phi) is 4.49. The number of amides is 1. The standard InChI is InChI=1S/C14H19NOS/c1-12-7-3-4-8-13(12)17-11-14(16)15-9-5-2-6-10-15/h3-4,7-8H,2,5-6,9-11H2,1H3. The third kappa shape index (κ3) is 3.50. The largest absolute Gasteiger partial charge is 0.342 e. The second-order valence-electron chi connectivity index (χ2n) is 4.50. The highest BCUT2D eigenvalue weighted by Crippen LogP contribution is 2.22. The lowest BCUT2D eigenvalue weighted by atomic mass is 10.1. The van der Waals surface area contributed by atoms with E-state index in [0.717, 1.165) is 13.1 Å². The Morgan fingerprint density at radius 3 is 2.65 bits per heavy atom. The number of carbonyl (C=O) groups excluding carboxylic acids is 1. The van der Waals surface area contributed by atoms with Gasteiger partial charge in [0.15, 0.2) is 0 Å². The van der Waals surface area contributed by atoms with E-state index in [-0.39, 0.29) is 5.91 Å². The Balaban J connectivity index is 1.85. The fraction of sp³-hybridized carbons (Fsp3) is 0.500. The third-order valence-electron chi connectivity index (χ3n) is 3.15. The topological polar surface area (TPSA) is 20.3 Å². The Labute approximate surface area is 107 Å². The third-order valence-corrected chi connectivity index (χ3v) is 4.31. The molecule has 0 aromatic heterocycles. The molecule has 1 aliphatic heterocycles. The van der Waals surface area contributed by atoms with E-state index in [2.05, 4.69) is 19.1 Å². The van der Waals surface area contributed by atoms with Crippen LogP contribution in [0.2, 0.25) is 0 Å². The van der Waals surface area contributed by atoms with E-state index >= 15 is 0 Å². The van der Waals surface area contributed by atoms with Crippen LogP contribution in [0.3, 0.4) is 0 Å².